The number of imidazole rings is 1. The van der Waals surface area contributed by atoms with Crippen LogP contribution in [-0.2, 0) is 21.9 Å². The van der Waals surface area contributed by atoms with Gasteiger partial charge < -0.3 is 14.4 Å². The Labute approximate surface area is 136 Å². The Bertz CT molecular complexity index is 699. The maximum Gasteiger partial charge on any atom is 0.262 e. The molecule has 2 atom stereocenters. The lowest BCUT2D eigenvalue weighted by Crippen LogP contribution is -2.41. The maximum absolute atomic E-state index is 12.8. The minimum atomic E-state index is -3.64. The fraction of sp³-hybridized carbons (Fsp3) is 0.714. The number of likely N-dealkylation sites (tertiary alicyclic amines) is 1. The molecule has 2 fully saturated rings. The van der Waals surface area contributed by atoms with E-state index in [2.05, 4.69) is 4.98 Å². The topological polar surface area (TPSA) is 78.8 Å². The number of amides is 1. The molecular weight excluding hydrogens is 318 g/mol. The van der Waals surface area contributed by atoms with Crippen molar-refractivity contribution in [3.63, 3.8) is 0 Å². The summed E-state index contributed by atoms with van der Waals surface area (Å²) in [5.74, 6) is 0.0442. The monoisotopic (exact) mass is 341 g/mol. The van der Waals surface area contributed by atoms with Crippen molar-refractivity contribution >= 4 is 15.9 Å². The normalized spacial score (nSPS) is 25.6. The highest BCUT2D eigenvalue weighted by Gasteiger charge is 2.50. The van der Waals surface area contributed by atoms with Crippen LogP contribution in [0.5, 0.6) is 0 Å². The number of likely N-dealkylation sites (N-methyl/N-ethyl adjacent to an activating group) is 1. The van der Waals surface area contributed by atoms with Crippen molar-refractivity contribution in [2.45, 2.75) is 30.0 Å². The number of aryl methyl sites for hydroxylation is 1. The van der Waals surface area contributed by atoms with Gasteiger partial charge in [-0.3, -0.25) is 4.79 Å². The van der Waals surface area contributed by atoms with E-state index in [1.165, 1.54) is 16.8 Å². The molecule has 0 saturated carbocycles. The van der Waals surface area contributed by atoms with Gasteiger partial charge in [-0.15, -0.1) is 0 Å². The van der Waals surface area contributed by atoms with Gasteiger partial charge in [0.2, 0.25) is 5.91 Å². The molecular formula is C14H23N5O3S. The van der Waals surface area contributed by atoms with Gasteiger partial charge in [-0.25, -0.2) is 13.4 Å². The molecule has 0 aliphatic carbocycles. The number of hydrogen-bond acceptors (Lipinski definition) is 5. The first-order valence-corrected chi connectivity index (χ1v) is 9.18. The number of sulfonamides is 1. The Morgan fingerprint density at radius 2 is 2.09 bits per heavy atom. The summed E-state index contributed by atoms with van der Waals surface area (Å²) < 4.78 is 28.6. The molecule has 0 bridgehead atoms. The van der Waals surface area contributed by atoms with Crippen molar-refractivity contribution in [1.82, 2.24) is 23.7 Å². The first kappa shape index (κ1) is 16.4. The molecule has 2 aliphatic rings. The molecule has 0 unspecified atom stereocenters. The van der Waals surface area contributed by atoms with Gasteiger partial charge in [0.15, 0.2) is 5.03 Å². The standard InChI is InChI=1S/C14H23N5O3S/c1-16(2)6-7-18-11-4-5-19(12(11)8-14(18)20)23(21,22)13-9-17(3)10-15-13/h9-12H,4-8H2,1-3H3/t11-,12+/m0/s1. The van der Waals surface area contributed by atoms with Crippen LogP contribution in [0.1, 0.15) is 12.8 Å². The zero-order valence-corrected chi connectivity index (χ0v) is 14.5. The van der Waals surface area contributed by atoms with Gasteiger partial charge in [0, 0.05) is 39.3 Å². The SMILES string of the molecule is CN(C)CCN1C(=O)C[C@@H]2[C@@H]1CCN2S(=O)(=O)c1cn(C)cn1. The lowest BCUT2D eigenvalue weighted by molar-refractivity contribution is -0.129. The van der Waals surface area contributed by atoms with Gasteiger partial charge in [-0.1, -0.05) is 0 Å². The first-order chi connectivity index (χ1) is 10.8. The average Bonchev–Trinajstić information content (AvgIpc) is 3.12. The maximum atomic E-state index is 12.8. The summed E-state index contributed by atoms with van der Waals surface area (Å²) in [6, 6.07) is -0.280. The van der Waals surface area contributed by atoms with Crippen LogP contribution in [0.4, 0.5) is 0 Å². The van der Waals surface area contributed by atoms with Crippen LogP contribution < -0.4 is 0 Å². The molecule has 1 amide bonds. The number of nitrogens with zero attached hydrogens (tertiary/aromatic N) is 5. The third-order valence-electron chi connectivity index (χ3n) is 4.61. The molecule has 0 N–H and O–H groups in total. The smallest absolute Gasteiger partial charge is 0.262 e. The second-order valence-corrected chi connectivity index (χ2v) is 8.35. The Morgan fingerprint density at radius 3 is 2.70 bits per heavy atom. The minimum absolute atomic E-state index is 0.0130. The highest BCUT2D eigenvalue weighted by atomic mass is 32.2. The third-order valence-corrected chi connectivity index (χ3v) is 6.42. The molecule has 1 aromatic rings. The van der Waals surface area contributed by atoms with Crippen LogP contribution in [0.15, 0.2) is 17.6 Å². The van der Waals surface area contributed by atoms with Crippen molar-refractivity contribution in [1.29, 1.82) is 0 Å². The fourth-order valence-electron chi connectivity index (χ4n) is 3.43. The minimum Gasteiger partial charge on any atom is -0.339 e. The summed E-state index contributed by atoms with van der Waals surface area (Å²) in [4.78, 5) is 20.1. The van der Waals surface area contributed by atoms with E-state index in [0.29, 0.717) is 19.5 Å². The number of fused-ring (bicyclic) bond motifs is 1. The summed E-state index contributed by atoms with van der Waals surface area (Å²) >= 11 is 0. The van der Waals surface area contributed by atoms with E-state index in [-0.39, 0.29) is 29.4 Å². The van der Waals surface area contributed by atoms with Crippen LogP contribution in [0.25, 0.3) is 0 Å². The summed E-state index contributed by atoms with van der Waals surface area (Å²) in [5, 5.41) is 0.0554. The van der Waals surface area contributed by atoms with Gasteiger partial charge in [0.25, 0.3) is 10.0 Å². The predicted molar refractivity (Wildman–Crippen MR) is 84.2 cm³/mol. The summed E-state index contributed by atoms with van der Waals surface area (Å²) in [6.07, 6.45) is 3.94. The largest absolute Gasteiger partial charge is 0.339 e. The number of hydrogen-bond donors (Lipinski definition) is 0. The first-order valence-electron chi connectivity index (χ1n) is 7.74. The van der Waals surface area contributed by atoms with Gasteiger partial charge in [-0.2, -0.15) is 4.31 Å². The molecule has 9 heteroatoms. The molecule has 128 valence electrons. The Balaban J connectivity index is 1.79. The molecule has 0 aromatic carbocycles. The zero-order chi connectivity index (χ0) is 16.8. The fourth-order valence-corrected chi connectivity index (χ4v) is 5.07. The molecule has 3 heterocycles. The molecule has 1 aromatic heterocycles. The Morgan fingerprint density at radius 1 is 1.35 bits per heavy atom. The predicted octanol–water partition coefficient (Wildman–Crippen LogP) is -0.654. The lowest BCUT2D eigenvalue weighted by Gasteiger charge is -2.26. The second kappa shape index (κ2) is 5.88. The van der Waals surface area contributed by atoms with E-state index in [1.807, 2.05) is 23.9 Å². The van der Waals surface area contributed by atoms with Crippen molar-refractivity contribution in [2.75, 3.05) is 33.7 Å². The summed E-state index contributed by atoms with van der Waals surface area (Å²) in [7, 11) is 2.02. The molecule has 0 radical (unpaired) electrons. The second-order valence-electron chi connectivity index (χ2n) is 6.51. The van der Waals surface area contributed by atoms with Crippen molar-refractivity contribution < 1.29 is 13.2 Å². The van der Waals surface area contributed by atoms with Gasteiger partial charge in [0.1, 0.15) is 0 Å². The zero-order valence-electron chi connectivity index (χ0n) is 13.7. The summed E-state index contributed by atoms with van der Waals surface area (Å²) in [5.41, 5.74) is 0. The van der Waals surface area contributed by atoms with Crippen molar-refractivity contribution in [2.24, 2.45) is 7.05 Å². The van der Waals surface area contributed by atoms with Gasteiger partial charge in [0.05, 0.1) is 18.4 Å². The Kier molecular flexibility index (Phi) is 4.19. The number of carbonyl (C=O) groups excluding carboxylic acids is 1. The van der Waals surface area contributed by atoms with Crippen LogP contribution >= 0.6 is 0 Å². The highest BCUT2D eigenvalue weighted by Crippen LogP contribution is 2.35. The van der Waals surface area contributed by atoms with E-state index >= 15 is 0 Å². The Hall–Kier alpha value is -1.45. The van der Waals surface area contributed by atoms with E-state index in [1.54, 1.807) is 11.6 Å². The number of rotatable bonds is 5. The van der Waals surface area contributed by atoms with E-state index in [4.69, 9.17) is 0 Å². The lowest BCUT2D eigenvalue weighted by atomic mass is 10.1. The van der Waals surface area contributed by atoms with Crippen LogP contribution in [-0.4, -0.2) is 83.8 Å². The third kappa shape index (κ3) is 2.88. The molecule has 8 nitrogen and oxygen atoms in total. The quantitative estimate of drug-likeness (QED) is 0.711. The molecule has 3 rings (SSSR count). The van der Waals surface area contributed by atoms with E-state index in [0.717, 1.165) is 6.54 Å². The van der Waals surface area contributed by atoms with Crippen molar-refractivity contribution in [3.05, 3.63) is 12.5 Å². The highest BCUT2D eigenvalue weighted by molar-refractivity contribution is 7.89. The average molecular weight is 341 g/mol. The van der Waals surface area contributed by atoms with Crippen LogP contribution in [0.2, 0.25) is 0 Å². The molecule has 23 heavy (non-hydrogen) atoms. The van der Waals surface area contributed by atoms with E-state index in [9.17, 15) is 13.2 Å². The van der Waals surface area contributed by atoms with Gasteiger partial charge in [-0.05, 0) is 20.5 Å². The van der Waals surface area contributed by atoms with Gasteiger partial charge >= 0.3 is 0 Å². The number of carbonyl (C=O) groups is 1. The summed E-state index contributed by atoms with van der Waals surface area (Å²) in [6.45, 7) is 1.87. The van der Waals surface area contributed by atoms with Crippen molar-refractivity contribution in [3.8, 4) is 0 Å². The van der Waals surface area contributed by atoms with Crippen LogP contribution in [0.3, 0.4) is 0 Å². The van der Waals surface area contributed by atoms with Crippen LogP contribution in [0, 0.1) is 0 Å². The molecule has 0 spiro atoms. The molecule has 2 saturated heterocycles. The van der Waals surface area contributed by atoms with E-state index < -0.39 is 10.0 Å². The number of aromatic nitrogens is 2. The molecule has 2 aliphatic heterocycles.